The number of amidine groups is 1. The second-order valence-corrected chi connectivity index (χ2v) is 6.58. The first kappa shape index (κ1) is 13.8. The monoisotopic (exact) mass is 289 g/mol. The van der Waals surface area contributed by atoms with Crippen LogP contribution in [0.25, 0.3) is 0 Å². The summed E-state index contributed by atoms with van der Waals surface area (Å²) in [7, 11) is 0. The van der Waals surface area contributed by atoms with Gasteiger partial charge in [0.05, 0.1) is 6.04 Å². The number of hydrogen-bond acceptors (Lipinski definition) is 4. The molecule has 1 saturated heterocycles. The van der Waals surface area contributed by atoms with Crippen LogP contribution in [0.1, 0.15) is 32.6 Å². The zero-order chi connectivity index (χ0) is 13.8. The van der Waals surface area contributed by atoms with Crippen molar-refractivity contribution in [2.45, 2.75) is 38.6 Å². The molecular formula is C16H23N3S. The van der Waals surface area contributed by atoms with Gasteiger partial charge in [0.1, 0.15) is 0 Å². The first-order valence-electron chi connectivity index (χ1n) is 7.68. The van der Waals surface area contributed by atoms with E-state index in [-0.39, 0.29) is 0 Å². The molecule has 0 amide bonds. The standard InChI is InChI=1S/C16H23N3S/c1-2-13-9-12-20-16(17-13)18-14-5-7-15(8-6-14)19-10-3-4-11-19/h5-8,13H,2-4,9-12H2,1H3,(H,17,18). The quantitative estimate of drug-likeness (QED) is 0.912. The molecule has 108 valence electrons. The van der Waals surface area contributed by atoms with Crippen molar-refractivity contribution in [1.82, 2.24) is 0 Å². The van der Waals surface area contributed by atoms with Gasteiger partial charge in [-0.25, -0.2) is 0 Å². The van der Waals surface area contributed by atoms with Crippen LogP contribution in [0.3, 0.4) is 0 Å². The summed E-state index contributed by atoms with van der Waals surface area (Å²) in [4.78, 5) is 7.22. The molecule has 0 radical (unpaired) electrons. The van der Waals surface area contributed by atoms with Crippen LogP contribution in [0.15, 0.2) is 29.3 Å². The largest absolute Gasteiger partial charge is 0.372 e. The minimum atomic E-state index is 0.502. The van der Waals surface area contributed by atoms with Gasteiger partial charge in [-0.15, -0.1) is 0 Å². The van der Waals surface area contributed by atoms with Crippen LogP contribution in [-0.2, 0) is 0 Å². The van der Waals surface area contributed by atoms with Gasteiger partial charge in [0.15, 0.2) is 5.17 Å². The minimum Gasteiger partial charge on any atom is -0.372 e. The molecule has 0 saturated carbocycles. The van der Waals surface area contributed by atoms with Crippen molar-refractivity contribution < 1.29 is 0 Å². The smallest absolute Gasteiger partial charge is 0.161 e. The van der Waals surface area contributed by atoms with E-state index in [1.165, 1.54) is 43.8 Å². The van der Waals surface area contributed by atoms with E-state index in [1.807, 2.05) is 11.8 Å². The fourth-order valence-corrected chi connectivity index (χ4v) is 3.77. The molecule has 0 spiro atoms. The zero-order valence-corrected chi connectivity index (χ0v) is 13.0. The summed E-state index contributed by atoms with van der Waals surface area (Å²) in [6.45, 7) is 4.62. The molecule has 1 aromatic carbocycles. The van der Waals surface area contributed by atoms with E-state index < -0.39 is 0 Å². The molecule has 1 N–H and O–H groups in total. The minimum absolute atomic E-state index is 0.502. The Balaban J connectivity index is 1.64. The predicted molar refractivity (Wildman–Crippen MR) is 90.1 cm³/mol. The molecule has 1 fully saturated rings. The van der Waals surface area contributed by atoms with Crippen LogP contribution in [0.2, 0.25) is 0 Å². The van der Waals surface area contributed by atoms with E-state index in [0.29, 0.717) is 6.04 Å². The third kappa shape index (κ3) is 3.29. The lowest BCUT2D eigenvalue weighted by Crippen LogP contribution is -2.20. The van der Waals surface area contributed by atoms with Gasteiger partial charge in [-0.2, -0.15) is 0 Å². The predicted octanol–water partition coefficient (Wildman–Crippen LogP) is 3.97. The van der Waals surface area contributed by atoms with Gasteiger partial charge in [0.2, 0.25) is 0 Å². The average Bonchev–Trinajstić information content (AvgIpc) is 3.02. The van der Waals surface area contributed by atoms with Crippen molar-refractivity contribution in [3.05, 3.63) is 24.3 Å². The summed E-state index contributed by atoms with van der Waals surface area (Å²) < 4.78 is 0. The topological polar surface area (TPSA) is 27.6 Å². The number of rotatable bonds is 3. The fourth-order valence-electron chi connectivity index (χ4n) is 2.78. The second kappa shape index (κ2) is 6.53. The van der Waals surface area contributed by atoms with Gasteiger partial charge >= 0.3 is 0 Å². The highest BCUT2D eigenvalue weighted by Gasteiger charge is 2.15. The van der Waals surface area contributed by atoms with Gasteiger partial charge < -0.3 is 10.2 Å². The molecule has 3 nitrogen and oxygen atoms in total. The van der Waals surface area contributed by atoms with E-state index in [9.17, 15) is 0 Å². The van der Waals surface area contributed by atoms with E-state index in [4.69, 9.17) is 4.99 Å². The van der Waals surface area contributed by atoms with Crippen LogP contribution in [-0.4, -0.2) is 30.1 Å². The summed E-state index contributed by atoms with van der Waals surface area (Å²) in [6.07, 6.45) is 5.00. The Kier molecular flexibility index (Phi) is 4.51. The molecule has 2 heterocycles. The normalized spacial score (nSPS) is 22.8. The maximum Gasteiger partial charge on any atom is 0.161 e. The number of nitrogens with one attached hydrogen (secondary N) is 1. The van der Waals surface area contributed by atoms with E-state index in [2.05, 4.69) is 41.4 Å². The van der Waals surface area contributed by atoms with Crippen molar-refractivity contribution >= 4 is 28.3 Å². The van der Waals surface area contributed by atoms with Crippen LogP contribution in [0, 0.1) is 0 Å². The summed E-state index contributed by atoms with van der Waals surface area (Å²) in [6, 6.07) is 9.29. The maximum atomic E-state index is 4.75. The molecule has 2 aliphatic heterocycles. The Morgan fingerprint density at radius 2 is 2.00 bits per heavy atom. The highest BCUT2D eigenvalue weighted by atomic mass is 32.2. The van der Waals surface area contributed by atoms with Crippen LogP contribution < -0.4 is 10.2 Å². The molecule has 2 aliphatic rings. The number of thioether (sulfide) groups is 1. The van der Waals surface area contributed by atoms with E-state index in [0.717, 1.165) is 17.3 Å². The molecule has 1 unspecified atom stereocenters. The third-order valence-corrected chi connectivity index (χ3v) is 4.97. The number of anilines is 2. The summed E-state index contributed by atoms with van der Waals surface area (Å²) in [5, 5.41) is 4.54. The Morgan fingerprint density at radius 3 is 2.70 bits per heavy atom. The molecule has 3 rings (SSSR count). The Morgan fingerprint density at radius 1 is 1.25 bits per heavy atom. The lowest BCUT2D eigenvalue weighted by molar-refractivity contribution is 0.634. The zero-order valence-electron chi connectivity index (χ0n) is 12.1. The molecular weight excluding hydrogens is 266 g/mol. The Labute approximate surface area is 125 Å². The van der Waals surface area contributed by atoms with Gasteiger partial charge in [0, 0.05) is 30.2 Å². The average molecular weight is 289 g/mol. The lowest BCUT2D eigenvalue weighted by atomic mass is 10.2. The van der Waals surface area contributed by atoms with Crippen molar-refractivity contribution in [1.29, 1.82) is 0 Å². The van der Waals surface area contributed by atoms with Gasteiger partial charge in [0.25, 0.3) is 0 Å². The van der Waals surface area contributed by atoms with Gasteiger partial charge in [-0.1, -0.05) is 18.7 Å². The Bertz CT molecular complexity index is 463. The molecule has 1 aromatic rings. The summed E-state index contributed by atoms with van der Waals surface area (Å²) in [5.74, 6) is 1.18. The van der Waals surface area contributed by atoms with Gasteiger partial charge in [-0.05, 0) is 49.9 Å². The highest BCUT2D eigenvalue weighted by Crippen LogP contribution is 2.24. The Hall–Kier alpha value is -1.16. The SMILES string of the molecule is CCC1CCSC(Nc2ccc(N3CCCC3)cc2)=N1. The van der Waals surface area contributed by atoms with Crippen LogP contribution >= 0.6 is 11.8 Å². The summed E-state index contributed by atoms with van der Waals surface area (Å²) in [5.41, 5.74) is 2.49. The maximum absolute atomic E-state index is 4.75. The first-order chi connectivity index (χ1) is 9.85. The molecule has 0 bridgehead atoms. The number of nitrogens with zero attached hydrogens (tertiary/aromatic N) is 2. The fraction of sp³-hybridized carbons (Fsp3) is 0.562. The number of hydrogen-bond donors (Lipinski definition) is 1. The number of aliphatic imine (C=N–C) groups is 1. The van der Waals surface area contributed by atoms with Crippen molar-refractivity contribution in [2.75, 3.05) is 29.1 Å². The van der Waals surface area contributed by atoms with Gasteiger partial charge in [-0.3, -0.25) is 4.99 Å². The molecule has 4 heteroatoms. The molecule has 0 aromatic heterocycles. The van der Waals surface area contributed by atoms with Crippen molar-refractivity contribution in [2.24, 2.45) is 4.99 Å². The van der Waals surface area contributed by atoms with Crippen LogP contribution in [0.4, 0.5) is 11.4 Å². The second-order valence-electron chi connectivity index (χ2n) is 5.50. The van der Waals surface area contributed by atoms with E-state index >= 15 is 0 Å². The summed E-state index contributed by atoms with van der Waals surface area (Å²) >= 11 is 1.84. The van der Waals surface area contributed by atoms with Crippen molar-refractivity contribution in [3.63, 3.8) is 0 Å². The highest BCUT2D eigenvalue weighted by molar-refractivity contribution is 8.14. The lowest BCUT2D eigenvalue weighted by Gasteiger charge is -2.20. The number of benzene rings is 1. The molecule has 20 heavy (non-hydrogen) atoms. The molecule has 1 atom stereocenters. The molecule has 0 aliphatic carbocycles. The van der Waals surface area contributed by atoms with Crippen LogP contribution in [0.5, 0.6) is 0 Å². The third-order valence-electron chi connectivity index (χ3n) is 4.05. The van der Waals surface area contributed by atoms with Crippen molar-refractivity contribution in [3.8, 4) is 0 Å². The first-order valence-corrected chi connectivity index (χ1v) is 8.66. The van der Waals surface area contributed by atoms with E-state index in [1.54, 1.807) is 0 Å².